The summed E-state index contributed by atoms with van der Waals surface area (Å²) >= 11 is 0. The molecule has 2 aromatic carbocycles. The van der Waals surface area contributed by atoms with Gasteiger partial charge in [0.1, 0.15) is 5.82 Å². The molecule has 0 fully saturated rings. The molecule has 0 saturated heterocycles. The van der Waals surface area contributed by atoms with E-state index in [0.29, 0.717) is 11.3 Å². The molecule has 0 heterocycles. The number of nitrogens with zero attached hydrogens (tertiary/aromatic N) is 1. The number of anilines is 2. The van der Waals surface area contributed by atoms with E-state index >= 15 is 0 Å². The van der Waals surface area contributed by atoms with Crippen LogP contribution in [0.4, 0.5) is 15.8 Å². The maximum Gasteiger partial charge on any atom is 0.159 e. The fourth-order valence-electron chi connectivity index (χ4n) is 1.63. The lowest BCUT2D eigenvalue weighted by Crippen LogP contribution is -1.96. The molecule has 0 saturated carbocycles. The van der Waals surface area contributed by atoms with Gasteiger partial charge >= 0.3 is 0 Å². The smallest absolute Gasteiger partial charge is 0.159 e. The lowest BCUT2D eigenvalue weighted by molar-refractivity contribution is 0.101. The molecule has 0 aromatic heterocycles. The van der Waals surface area contributed by atoms with Gasteiger partial charge in [-0.3, -0.25) is 4.79 Å². The van der Waals surface area contributed by atoms with Crippen molar-refractivity contribution in [3.63, 3.8) is 0 Å². The monoisotopic (exact) mass is 254 g/mol. The Morgan fingerprint density at radius 3 is 2.42 bits per heavy atom. The number of halogens is 1. The highest BCUT2D eigenvalue weighted by molar-refractivity contribution is 5.94. The number of rotatable bonds is 3. The molecule has 4 heteroatoms. The van der Waals surface area contributed by atoms with Crippen molar-refractivity contribution in [1.82, 2.24) is 0 Å². The fraction of sp³-hybridized carbons (Fsp3) is 0.0667. The summed E-state index contributed by atoms with van der Waals surface area (Å²) in [6, 6.07) is 12.8. The van der Waals surface area contributed by atoms with Crippen LogP contribution in [0.3, 0.4) is 0 Å². The van der Waals surface area contributed by atoms with Gasteiger partial charge in [0.15, 0.2) is 5.78 Å². The third-order valence-electron chi connectivity index (χ3n) is 2.67. The van der Waals surface area contributed by atoms with Crippen molar-refractivity contribution in [2.75, 3.05) is 5.32 Å². The number of Topliss-reactive ketones (excluding diaryl/α,β-unsaturated/α-hetero) is 1. The molecule has 0 spiro atoms. The van der Waals surface area contributed by atoms with E-state index in [1.165, 1.54) is 25.1 Å². The number of nitriles is 1. The zero-order chi connectivity index (χ0) is 13.8. The molecule has 0 atom stereocenters. The zero-order valence-electron chi connectivity index (χ0n) is 10.3. The lowest BCUT2D eigenvalue weighted by Gasteiger charge is -2.08. The van der Waals surface area contributed by atoms with Crippen LogP contribution in [0, 0.1) is 17.1 Å². The third kappa shape index (κ3) is 2.96. The van der Waals surface area contributed by atoms with Crippen molar-refractivity contribution in [3.05, 3.63) is 59.4 Å². The lowest BCUT2D eigenvalue weighted by atomic mass is 10.1. The first-order valence-electron chi connectivity index (χ1n) is 5.68. The Balaban J connectivity index is 2.22. The number of nitrogens with one attached hydrogen (secondary N) is 1. The normalized spacial score (nSPS) is 9.74. The minimum Gasteiger partial charge on any atom is -0.353 e. The summed E-state index contributed by atoms with van der Waals surface area (Å²) in [5.41, 5.74) is 1.84. The summed E-state index contributed by atoms with van der Waals surface area (Å²) in [6.45, 7) is 1.49. The van der Waals surface area contributed by atoms with Crippen LogP contribution in [0.15, 0.2) is 42.5 Å². The molecule has 2 aromatic rings. The van der Waals surface area contributed by atoms with Gasteiger partial charge in [0.25, 0.3) is 0 Å². The first-order chi connectivity index (χ1) is 9.10. The van der Waals surface area contributed by atoms with Crippen LogP contribution in [-0.4, -0.2) is 5.78 Å². The second kappa shape index (κ2) is 5.32. The van der Waals surface area contributed by atoms with Crippen LogP contribution in [0.25, 0.3) is 0 Å². The summed E-state index contributed by atoms with van der Waals surface area (Å²) in [5.74, 6) is -0.509. The van der Waals surface area contributed by atoms with Gasteiger partial charge in [-0.25, -0.2) is 4.39 Å². The number of carbonyl (C=O) groups excluding carboxylic acids is 1. The van der Waals surface area contributed by atoms with E-state index in [0.717, 1.165) is 0 Å². The Hall–Kier alpha value is -2.67. The summed E-state index contributed by atoms with van der Waals surface area (Å²) < 4.78 is 13.7. The number of ketones is 1. The Kier molecular flexibility index (Phi) is 3.58. The van der Waals surface area contributed by atoms with Crippen molar-refractivity contribution in [3.8, 4) is 6.07 Å². The highest BCUT2D eigenvalue weighted by Crippen LogP contribution is 2.21. The second-order valence-corrected chi connectivity index (χ2v) is 4.06. The summed E-state index contributed by atoms with van der Waals surface area (Å²) in [7, 11) is 0. The Bertz CT molecular complexity index is 657. The van der Waals surface area contributed by atoms with Gasteiger partial charge in [0, 0.05) is 11.3 Å². The summed E-state index contributed by atoms with van der Waals surface area (Å²) in [4.78, 5) is 11.1. The van der Waals surface area contributed by atoms with E-state index in [1.807, 2.05) is 6.07 Å². The molecule has 1 N–H and O–H groups in total. The average molecular weight is 254 g/mol. The molecule has 0 bridgehead atoms. The molecule has 0 aliphatic carbocycles. The van der Waals surface area contributed by atoms with Crippen LogP contribution in [0.5, 0.6) is 0 Å². The van der Waals surface area contributed by atoms with E-state index < -0.39 is 5.82 Å². The van der Waals surface area contributed by atoms with E-state index in [4.69, 9.17) is 5.26 Å². The number of benzene rings is 2. The molecule has 0 amide bonds. The van der Waals surface area contributed by atoms with E-state index in [9.17, 15) is 9.18 Å². The molecule has 3 nitrogen and oxygen atoms in total. The van der Waals surface area contributed by atoms with Crippen LogP contribution in [0.1, 0.15) is 22.8 Å². The maximum absolute atomic E-state index is 13.7. The van der Waals surface area contributed by atoms with Crippen molar-refractivity contribution in [2.24, 2.45) is 0 Å². The van der Waals surface area contributed by atoms with E-state index in [1.54, 1.807) is 24.3 Å². The highest BCUT2D eigenvalue weighted by atomic mass is 19.1. The molecule has 94 valence electrons. The fourth-order valence-corrected chi connectivity index (χ4v) is 1.63. The summed E-state index contributed by atoms with van der Waals surface area (Å²) in [5, 5.41) is 11.6. The molecular formula is C15H11FN2O. The van der Waals surface area contributed by atoms with Gasteiger partial charge < -0.3 is 5.32 Å². The largest absolute Gasteiger partial charge is 0.353 e. The standard InChI is InChI=1S/C15H11FN2O/c1-10(19)12-3-5-13(6-4-12)18-15-7-2-11(9-17)8-14(15)16/h2-8,18H,1H3. The molecule has 0 aliphatic rings. The van der Waals surface area contributed by atoms with Gasteiger partial charge in [0.2, 0.25) is 0 Å². The minimum absolute atomic E-state index is 0.0175. The first-order valence-corrected chi connectivity index (χ1v) is 5.68. The Labute approximate surface area is 110 Å². The van der Waals surface area contributed by atoms with Crippen LogP contribution in [-0.2, 0) is 0 Å². The molecule has 0 unspecified atom stereocenters. The van der Waals surface area contributed by atoms with Crippen molar-refractivity contribution < 1.29 is 9.18 Å². The Morgan fingerprint density at radius 2 is 1.89 bits per heavy atom. The van der Waals surface area contributed by atoms with Crippen LogP contribution >= 0.6 is 0 Å². The van der Waals surface area contributed by atoms with Gasteiger partial charge in [-0.2, -0.15) is 5.26 Å². The van der Waals surface area contributed by atoms with Gasteiger partial charge in [-0.05, 0) is 49.4 Å². The van der Waals surface area contributed by atoms with Crippen molar-refractivity contribution in [1.29, 1.82) is 5.26 Å². The summed E-state index contributed by atoms with van der Waals surface area (Å²) in [6.07, 6.45) is 0. The van der Waals surface area contributed by atoms with Crippen LogP contribution < -0.4 is 5.32 Å². The average Bonchev–Trinajstić information content (AvgIpc) is 2.41. The third-order valence-corrected chi connectivity index (χ3v) is 2.67. The van der Waals surface area contributed by atoms with Crippen molar-refractivity contribution >= 4 is 17.2 Å². The van der Waals surface area contributed by atoms with E-state index in [2.05, 4.69) is 5.32 Å². The minimum atomic E-state index is -0.491. The number of hydrogen-bond donors (Lipinski definition) is 1. The second-order valence-electron chi connectivity index (χ2n) is 4.06. The van der Waals surface area contributed by atoms with E-state index in [-0.39, 0.29) is 17.0 Å². The van der Waals surface area contributed by atoms with Gasteiger partial charge in [-0.15, -0.1) is 0 Å². The maximum atomic E-state index is 13.7. The topological polar surface area (TPSA) is 52.9 Å². The zero-order valence-corrected chi connectivity index (χ0v) is 10.3. The predicted octanol–water partition coefficient (Wildman–Crippen LogP) is 3.64. The SMILES string of the molecule is CC(=O)c1ccc(Nc2ccc(C#N)cc2F)cc1. The molecule has 0 aliphatic heterocycles. The Morgan fingerprint density at radius 1 is 1.21 bits per heavy atom. The molecule has 2 rings (SSSR count). The van der Waals surface area contributed by atoms with Gasteiger partial charge in [-0.1, -0.05) is 0 Å². The first kappa shape index (κ1) is 12.8. The number of hydrogen-bond acceptors (Lipinski definition) is 3. The quantitative estimate of drug-likeness (QED) is 0.851. The number of carbonyl (C=O) groups is 1. The van der Waals surface area contributed by atoms with Crippen molar-refractivity contribution in [2.45, 2.75) is 6.92 Å². The molecule has 19 heavy (non-hydrogen) atoms. The van der Waals surface area contributed by atoms with Gasteiger partial charge in [0.05, 0.1) is 17.3 Å². The molecular weight excluding hydrogens is 243 g/mol. The van der Waals surface area contributed by atoms with Crippen LogP contribution in [0.2, 0.25) is 0 Å². The predicted molar refractivity (Wildman–Crippen MR) is 70.8 cm³/mol. The highest BCUT2D eigenvalue weighted by Gasteiger charge is 2.04. The molecule has 0 radical (unpaired) electrons.